The fourth-order valence-electron chi connectivity index (χ4n) is 3.47. The lowest BCUT2D eigenvalue weighted by molar-refractivity contribution is -0.125. The van der Waals surface area contributed by atoms with Gasteiger partial charge in [-0.05, 0) is 49.6 Å². The molecular weight excluding hydrogens is 358 g/mol. The zero-order chi connectivity index (χ0) is 19.5. The van der Waals surface area contributed by atoms with Crippen molar-refractivity contribution in [3.63, 3.8) is 0 Å². The molecule has 2 unspecified atom stereocenters. The molecule has 0 bridgehead atoms. The average Bonchev–Trinajstić information content (AvgIpc) is 3.50. The quantitative estimate of drug-likeness (QED) is 0.734. The van der Waals surface area contributed by atoms with Crippen molar-refractivity contribution in [2.45, 2.75) is 31.8 Å². The minimum atomic E-state index is -0.477. The lowest BCUT2D eigenvalue weighted by Crippen LogP contribution is -2.46. The Labute approximate surface area is 162 Å². The number of benzene rings is 1. The van der Waals surface area contributed by atoms with Gasteiger partial charge in [0, 0.05) is 6.54 Å². The first-order valence-electron chi connectivity index (χ1n) is 9.23. The van der Waals surface area contributed by atoms with Gasteiger partial charge in [-0.3, -0.25) is 9.59 Å². The van der Waals surface area contributed by atoms with E-state index in [-0.39, 0.29) is 23.6 Å². The number of nitrogens with one attached hydrogen (secondary N) is 1. The van der Waals surface area contributed by atoms with Crippen LogP contribution in [0.1, 0.15) is 41.9 Å². The molecule has 2 amide bonds. The van der Waals surface area contributed by atoms with E-state index in [0.717, 1.165) is 17.7 Å². The van der Waals surface area contributed by atoms with Crippen molar-refractivity contribution in [3.05, 3.63) is 66.6 Å². The van der Waals surface area contributed by atoms with Crippen molar-refractivity contribution >= 4 is 11.8 Å². The third-order valence-electron chi connectivity index (χ3n) is 4.98. The van der Waals surface area contributed by atoms with Crippen LogP contribution in [0.4, 0.5) is 0 Å². The highest BCUT2D eigenvalue weighted by atomic mass is 16.3. The maximum absolute atomic E-state index is 12.8. The second-order valence-corrected chi connectivity index (χ2v) is 6.80. The molecular formula is C20H21N5O3. The van der Waals surface area contributed by atoms with Crippen molar-refractivity contribution in [3.8, 4) is 5.69 Å². The van der Waals surface area contributed by atoms with Crippen molar-refractivity contribution in [1.29, 1.82) is 0 Å². The summed E-state index contributed by atoms with van der Waals surface area (Å²) in [5.41, 5.74) is 1.87. The number of hydrogen-bond donors (Lipinski definition) is 1. The van der Waals surface area contributed by atoms with Gasteiger partial charge in [0.1, 0.15) is 18.7 Å². The van der Waals surface area contributed by atoms with Crippen LogP contribution in [0, 0.1) is 0 Å². The van der Waals surface area contributed by atoms with Crippen LogP contribution < -0.4 is 5.32 Å². The van der Waals surface area contributed by atoms with Gasteiger partial charge in [-0.25, -0.2) is 9.67 Å². The van der Waals surface area contributed by atoms with Crippen molar-refractivity contribution < 1.29 is 14.0 Å². The predicted molar refractivity (Wildman–Crippen MR) is 101 cm³/mol. The minimum Gasteiger partial charge on any atom is -0.459 e. The molecule has 1 aliphatic heterocycles. The smallest absolute Gasteiger partial charge is 0.290 e. The molecule has 1 N–H and O–H groups in total. The first-order valence-corrected chi connectivity index (χ1v) is 9.23. The van der Waals surface area contributed by atoms with Gasteiger partial charge in [-0.1, -0.05) is 12.1 Å². The molecule has 1 aliphatic rings. The highest BCUT2D eigenvalue weighted by Crippen LogP contribution is 2.22. The fraction of sp³-hybridized carbons (Fsp3) is 0.300. The maximum Gasteiger partial charge on any atom is 0.290 e. The topological polar surface area (TPSA) is 93.3 Å². The van der Waals surface area contributed by atoms with E-state index in [1.54, 1.807) is 28.0 Å². The first kappa shape index (κ1) is 18.0. The zero-order valence-corrected chi connectivity index (χ0v) is 15.5. The molecule has 3 heterocycles. The van der Waals surface area contributed by atoms with Crippen LogP contribution in [0.15, 0.2) is 59.7 Å². The number of likely N-dealkylation sites (tertiary alicyclic amines) is 1. The summed E-state index contributed by atoms with van der Waals surface area (Å²) in [6.07, 6.45) is 6.02. The van der Waals surface area contributed by atoms with Gasteiger partial charge in [0.05, 0.1) is 18.0 Å². The van der Waals surface area contributed by atoms with Gasteiger partial charge < -0.3 is 14.6 Å². The third kappa shape index (κ3) is 3.53. The first-order chi connectivity index (χ1) is 13.6. The van der Waals surface area contributed by atoms with Gasteiger partial charge in [0.2, 0.25) is 5.91 Å². The summed E-state index contributed by atoms with van der Waals surface area (Å²) >= 11 is 0. The third-order valence-corrected chi connectivity index (χ3v) is 4.98. The molecule has 1 fully saturated rings. The zero-order valence-electron chi connectivity index (χ0n) is 15.5. The van der Waals surface area contributed by atoms with Gasteiger partial charge in [0.25, 0.3) is 5.91 Å². The highest BCUT2D eigenvalue weighted by molar-refractivity contribution is 5.96. The fourth-order valence-corrected chi connectivity index (χ4v) is 3.47. The van der Waals surface area contributed by atoms with E-state index < -0.39 is 6.04 Å². The molecule has 144 valence electrons. The number of carbonyl (C=O) groups is 2. The summed E-state index contributed by atoms with van der Waals surface area (Å²) in [6, 6.07) is 10.4. The van der Waals surface area contributed by atoms with Gasteiger partial charge >= 0.3 is 0 Å². The maximum atomic E-state index is 12.8. The van der Waals surface area contributed by atoms with E-state index in [9.17, 15) is 9.59 Å². The van der Waals surface area contributed by atoms with Crippen LogP contribution in [0.25, 0.3) is 5.69 Å². The molecule has 0 aliphatic carbocycles. The number of hydrogen-bond acceptors (Lipinski definition) is 5. The molecule has 8 heteroatoms. The van der Waals surface area contributed by atoms with Gasteiger partial charge in [-0.2, -0.15) is 5.10 Å². The van der Waals surface area contributed by atoms with E-state index in [4.69, 9.17) is 4.42 Å². The summed E-state index contributed by atoms with van der Waals surface area (Å²) in [6.45, 7) is 2.48. The Balaban J connectivity index is 1.41. The number of nitrogens with zero attached hydrogens (tertiary/aromatic N) is 4. The Hall–Kier alpha value is -3.42. The molecule has 3 aromatic rings. The van der Waals surface area contributed by atoms with E-state index in [0.29, 0.717) is 13.0 Å². The van der Waals surface area contributed by atoms with Crippen LogP contribution in [0.5, 0.6) is 0 Å². The number of rotatable bonds is 5. The second-order valence-electron chi connectivity index (χ2n) is 6.80. The van der Waals surface area contributed by atoms with Crippen LogP contribution in [-0.4, -0.2) is 44.1 Å². The molecule has 0 spiro atoms. The van der Waals surface area contributed by atoms with E-state index in [1.165, 1.54) is 12.6 Å². The highest BCUT2D eigenvalue weighted by Gasteiger charge is 2.35. The number of carbonyl (C=O) groups excluding carboxylic acids is 2. The molecule has 0 radical (unpaired) electrons. The second kappa shape index (κ2) is 7.67. The Morgan fingerprint density at radius 2 is 2.07 bits per heavy atom. The normalized spacial score (nSPS) is 17.5. The minimum absolute atomic E-state index is 0.148. The van der Waals surface area contributed by atoms with Crippen molar-refractivity contribution in [2.24, 2.45) is 0 Å². The summed E-state index contributed by atoms with van der Waals surface area (Å²) in [7, 11) is 0. The lowest BCUT2D eigenvalue weighted by atomic mass is 10.1. The summed E-state index contributed by atoms with van der Waals surface area (Å²) in [4.78, 5) is 30.9. The molecule has 1 aromatic carbocycles. The Kier molecular flexibility index (Phi) is 4.92. The van der Waals surface area contributed by atoms with E-state index >= 15 is 0 Å². The number of aromatic nitrogens is 3. The standard InChI is InChI=1S/C20H21N5O3/c1-14(15-6-8-16(9-7-15)25-13-21-12-22-25)23-19(26)17-4-2-10-24(17)20(27)18-5-3-11-28-18/h3,5-9,11-14,17H,2,4,10H2,1H3,(H,23,26). The number of furan rings is 1. The summed E-state index contributed by atoms with van der Waals surface area (Å²) in [5, 5.41) is 7.12. The largest absolute Gasteiger partial charge is 0.459 e. The Morgan fingerprint density at radius 1 is 1.25 bits per heavy atom. The Morgan fingerprint density at radius 3 is 2.75 bits per heavy atom. The average molecular weight is 379 g/mol. The SMILES string of the molecule is CC(NC(=O)C1CCCN1C(=O)c1ccco1)c1ccc(-n2cncn2)cc1. The monoisotopic (exact) mass is 379 g/mol. The Bertz CT molecular complexity index is 935. The van der Waals surface area contributed by atoms with Gasteiger partial charge in [0.15, 0.2) is 5.76 Å². The van der Waals surface area contributed by atoms with E-state index in [2.05, 4.69) is 15.4 Å². The molecule has 8 nitrogen and oxygen atoms in total. The van der Waals surface area contributed by atoms with Crippen LogP contribution in [0.3, 0.4) is 0 Å². The summed E-state index contributed by atoms with van der Waals surface area (Å²) in [5.74, 6) is -0.130. The van der Waals surface area contributed by atoms with Gasteiger partial charge in [-0.15, -0.1) is 0 Å². The van der Waals surface area contributed by atoms with Crippen LogP contribution in [0.2, 0.25) is 0 Å². The number of amides is 2. The molecule has 1 saturated heterocycles. The summed E-state index contributed by atoms with van der Waals surface area (Å²) < 4.78 is 6.86. The van der Waals surface area contributed by atoms with Crippen LogP contribution in [-0.2, 0) is 4.79 Å². The van der Waals surface area contributed by atoms with Crippen molar-refractivity contribution in [1.82, 2.24) is 25.0 Å². The molecule has 2 atom stereocenters. The molecule has 28 heavy (non-hydrogen) atoms. The van der Waals surface area contributed by atoms with E-state index in [1.807, 2.05) is 31.2 Å². The lowest BCUT2D eigenvalue weighted by Gasteiger charge is -2.25. The molecule has 2 aromatic heterocycles. The predicted octanol–water partition coefficient (Wildman–Crippen LogP) is 2.34. The van der Waals surface area contributed by atoms with Crippen molar-refractivity contribution in [2.75, 3.05) is 6.54 Å². The molecule has 4 rings (SSSR count). The molecule has 0 saturated carbocycles. The van der Waals surface area contributed by atoms with Crippen LogP contribution >= 0.6 is 0 Å².